The summed E-state index contributed by atoms with van der Waals surface area (Å²) in [7, 11) is 0. The number of hydrogen-bond donors (Lipinski definition) is 0. The van der Waals surface area contributed by atoms with E-state index in [9.17, 15) is 0 Å². The molecule has 0 saturated carbocycles. The molecule has 0 N–H and O–H groups in total. The van der Waals surface area contributed by atoms with Gasteiger partial charge in [-0.2, -0.15) is 12.1 Å². The van der Waals surface area contributed by atoms with Crippen molar-refractivity contribution >= 4 is 11.0 Å². The second-order valence-electron chi connectivity index (χ2n) is 16.4. The van der Waals surface area contributed by atoms with Gasteiger partial charge in [-0.3, -0.25) is 4.57 Å². The Kier molecular flexibility index (Phi) is 8.91. The van der Waals surface area contributed by atoms with Crippen LogP contribution in [-0.2, 0) is 41.8 Å². The van der Waals surface area contributed by atoms with Crippen LogP contribution in [0.15, 0.2) is 97.2 Å². The Balaban J connectivity index is 0.000000270. The van der Waals surface area contributed by atoms with Gasteiger partial charge in [0, 0.05) is 6.20 Å². The summed E-state index contributed by atoms with van der Waals surface area (Å²) in [5, 5.41) is 0. The fraction of sp³-hybridized carbons (Fsp3) is 0.333. The Morgan fingerprint density at radius 3 is 2.10 bits per heavy atom. The molecule has 250 valence electrons. The van der Waals surface area contributed by atoms with Crippen LogP contribution in [0.1, 0.15) is 103 Å². The fourth-order valence-corrected chi connectivity index (χ4v) is 7.78. The largest absolute Gasteiger partial charge is 3.00 e. The zero-order chi connectivity index (χ0) is 34.1. The molecule has 0 amide bonds. The van der Waals surface area contributed by atoms with Gasteiger partial charge in [-0.1, -0.05) is 117 Å². The van der Waals surface area contributed by atoms with Crippen molar-refractivity contribution in [2.24, 2.45) is 0 Å². The summed E-state index contributed by atoms with van der Waals surface area (Å²) in [5.74, 6) is 0. The van der Waals surface area contributed by atoms with Crippen molar-refractivity contribution in [1.82, 2.24) is 9.55 Å². The molecule has 1 aliphatic carbocycles. The van der Waals surface area contributed by atoms with Crippen molar-refractivity contribution in [1.29, 1.82) is 0 Å². The second kappa shape index (κ2) is 12.5. The van der Waals surface area contributed by atoms with E-state index >= 15 is 0 Å². The van der Waals surface area contributed by atoms with Crippen molar-refractivity contribution in [3.63, 3.8) is 0 Å². The van der Waals surface area contributed by atoms with Gasteiger partial charge in [0.2, 0.25) is 0 Å². The number of para-hydroxylation sites is 1. The van der Waals surface area contributed by atoms with Crippen LogP contribution in [0.2, 0.25) is 0 Å². The standard InChI is InChI=1S/C34H39N2.C11H8N.Ir/c1-31(2,3)22-13-15-23(16-14-22)35-21-36-26-18-17-24-28(33(6,7)20-19-32(24,4)5)29(26)34(8,9)25-11-10-12-27(35)30(25)36;1-2-6-10(7-3-1)11-8-4-5-9-12-11;/h10-17H,19-20H2,1-9H3;1-6,8-9H;/q2*-1;+3. The molecule has 0 fully saturated rings. The Morgan fingerprint density at radius 1 is 0.735 bits per heavy atom. The van der Waals surface area contributed by atoms with Crippen LogP contribution in [0.3, 0.4) is 0 Å². The first-order valence-electron chi connectivity index (χ1n) is 17.3. The van der Waals surface area contributed by atoms with Crippen LogP contribution in [-0.4, -0.2) is 9.55 Å². The smallest absolute Gasteiger partial charge is 0.314 e. The van der Waals surface area contributed by atoms with Gasteiger partial charge in [0.15, 0.2) is 0 Å². The zero-order valence-electron chi connectivity index (χ0n) is 30.3. The van der Waals surface area contributed by atoms with Gasteiger partial charge >= 0.3 is 20.1 Å². The van der Waals surface area contributed by atoms with Crippen LogP contribution in [0.4, 0.5) is 0 Å². The molecule has 3 heterocycles. The minimum atomic E-state index is -0.127. The van der Waals surface area contributed by atoms with E-state index in [0.717, 1.165) is 16.9 Å². The van der Waals surface area contributed by atoms with Crippen molar-refractivity contribution in [3.05, 3.63) is 143 Å². The summed E-state index contributed by atoms with van der Waals surface area (Å²) in [6.45, 7) is 21.3. The van der Waals surface area contributed by atoms with Crippen molar-refractivity contribution in [3.8, 4) is 22.6 Å². The van der Waals surface area contributed by atoms with E-state index in [1.54, 1.807) is 6.20 Å². The zero-order valence-corrected chi connectivity index (χ0v) is 32.7. The number of aromatic nitrogens is 3. The van der Waals surface area contributed by atoms with Crippen LogP contribution < -0.4 is 4.57 Å². The maximum atomic E-state index is 4.22. The topological polar surface area (TPSA) is 21.7 Å². The van der Waals surface area contributed by atoms with E-state index < -0.39 is 0 Å². The molecule has 6 aromatic rings. The quantitative estimate of drug-likeness (QED) is 0.126. The van der Waals surface area contributed by atoms with Gasteiger partial charge in [0.1, 0.15) is 0 Å². The van der Waals surface area contributed by atoms with Crippen LogP contribution in [0.5, 0.6) is 0 Å². The molecule has 0 radical (unpaired) electrons. The molecule has 0 saturated heterocycles. The molecular weight excluding hydrogens is 775 g/mol. The Hall–Kier alpha value is -3.85. The van der Waals surface area contributed by atoms with Gasteiger partial charge in [-0.25, -0.2) is 0 Å². The second-order valence-corrected chi connectivity index (χ2v) is 16.4. The number of hydrogen-bond acceptors (Lipinski definition) is 1. The Morgan fingerprint density at radius 2 is 1.45 bits per heavy atom. The first-order valence-corrected chi connectivity index (χ1v) is 17.3. The fourth-order valence-electron chi connectivity index (χ4n) is 7.78. The van der Waals surface area contributed by atoms with Crippen LogP contribution in [0, 0.1) is 18.5 Å². The molecule has 8 rings (SSSR count). The number of fused-ring (bicyclic) bond motifs is 4. The third-order valence-corrected chi connectivity index (χ3v) is 10.7. The molecule has 0 bridgehead atoms. The third kappa shape index (κ3) is 6.02. The summed E-state index contributed by atoms with van der Waals surface area (Å²) in [6, 6.07) is 38.7. The van der Waals surface area contributed by atoms with E-state index in [1.807, 2.05) is 42.5 Å². The van der Waals surface area contributed by atoms with Crippen molar-refractivity contribution in [2.45, 2.75) is 96.8 Å². The number of benzene rings is 4. The van der Waals surface area contributed by atoms with Crippen molar-refractivity contribution < 1.29 is 24.7 Å². The molecule has 0 atom stereocenters. The molecule has 3 nitrogen and oxygen atoms in total. The van der Waals surface area contributed by atoms with Gasteiger partial charge in [0.25, 0.3) is 6.33 Å². The minimum absolute atomic E-state index is 0. The van der Waals surface area contributed by atoms with Crippen LogP contribution >= 0.6 is 0 Å². The van der Waals surface area contributed by atoms with Gasteiger partial charge < -0.3 is 9.55 Å². The Labute approximate surface area is 306 Å². The predicted octanol–water partition coefficient (Wildman–Crippen LogP) is 10.3. The molecule has 4 aromatic carbocycles. The third-order valence-electron chi connectivity index (χ3n) is 10.7. The summed E-state index contributed by atoms with van der Waals surface area (Å²) in [4.78, 5) is 4.22. The van der Waals surface area contributed by atoms with Crippen molar-refractivity contribution in [2.75, 3.05) is 0 Å². The molecule has 2 aliphatic rings. The molecule has 1 aliphatic heterocycles. The molecule has 0 unspecified atom stereocenters. The van der Waals surface area contributed by atoms with Gasteiger partial charge in [-0.05, 0) is 63.4 Å². The predicted molar refractivity (Wildman–Crippen MR) is 197 cm³/mol. The average Bonchev–Trinajstić information content (AvgIpc) is 3.47. The normalized spacial score (nSPS) is 16.4. The summed E-state index contributed by atoms with van der Waals surface area (Å²) in [5.41, 5.74) is 14.2. The van der Waals surface area contributed by atoms with Crippen LogP contribution in [0.25, 0.3) is 33.7 Å². The summed E-state index contributed by atoms with van der Waals surface area (Å²) >= 11 is 0. The number of pyridine rings is 1. The van der Waals surface area contributed by atoms with Gasteiger partial charge in [-0.15, -0.1) is 52.6 Å². The van der Waals surface area contributed by atoms with E-state index in [2.05, 4.69) is 143 Å². The number of nitrogens with zero attached hydrogens (tertiary/aromatic N) is 3. The first kappa shape index (κ1) is 35.0. The summed E-state index contributed by atoms with van der Waals surface area (Å²) in [6.07, 6.45) is 7.95. The number of rotatable bonds is 2. The average molecular weight is 822 g/mol. The maximum absolute atomic E-state index is 4.22. The monoisotopic (exact) mass is 822 g/mol. The minimum Gasteiger partial charge on any atom is -0.314 e. The SMILES string of the molecule is CC(C)(C)c1ccc(-n2[c-][n+]3c4c(cccc42)C(C)(C)c2c-3[c-]cc3c2C(C)(C)CCC3(C)C)cc1.[Ir+3].[c-]1ccccc1-c1ccccn1. The maximum Gasteiger partial charge on any atom is 3.00 e. The molecule has 49 heavy (non-hydrogen) atoms. The molecule has 2 aromatic heterocycles. The van der Waals surface area contributed by atoms with E-state index in [4.69, 9.17) is 0 Å². The Bertz CT molecular complexity index is 2080. The molecular formula is C45H47IrN3+. The van der Waals surface area contributed by atoms with E-state index in [0.29, 0.717) is 0 Å². The molecule has 0 spiro atoms. The van der Waals surface area contributed by atoms with E-state index in [-0.39, 0.29) is 41.8 Å². The number of imidazole rings is 1. The molecule has 4 heteroatoms. The van der Waals surface area contributed by atoms with E-state index in [1.165, 1.54) is 57.4 Å². The summed E-state index contributed by atoms with van der Waals surface area (Å²) < 4.78 is 4.53. The first-order chi connectivity index (χ1) is 22.7. The van der Waals surface area contributed by atoms with Gasteiger partial charge in [0.05, 0.1) is 16.7 Å².